The summed E-state index contributed by atoms with van der Waals surface area (Å²) in [6.45, 7) is 6.94. The average molecular weight is 813 g/mol. The molecule has 1 aromatic heterocycles. The molecule has 1 N–H and O–H groups in total. The van der Waals surface area contributed by atoms with Crippen molar-refractivity contribution in [3.8, 4) is 0 Å². The summed E-state index contributed by atoms with van der Waals surface area (Å²) in [5.74, 6) is -1.03. The van der Waals surface area contributed by atoms with Crippen LogP contribution < -0.4 is 14.8 Å². The summed E-state index contributed by atoms with van der Waals surface area (Å²) in [4.78, 5) is 73.0. The van der Waals surface area contributed by atoms with Crippen LogP contribution in [0.15, 0.2) is 132 Å². The lowest BCUT2D eigenvalue weighted by Crippen LogP contribution is -2.70. The van der Waals surface area contributed by atoms with Gasteiger partial charge in [-0.15, -0.1) is 11.8 Å². The van der Waals surface area contributed by atoms with Crippen molar-refractivity contribution in [3.63, 3.8) is 0 Å². The highest BCUT2D eigenvalue weighted by Gasteiger charge is 2.55. The van der Waals surface area contributed by atoms with E-state index in [9.17, 15) is 24.0 Å². The van der Waals surface area contributed by atoms with Crippen LogP contribution in [-0.2, 0) is 48.2 Å². The molecule has 4 amide bonds. The molecule has 59 heavy (non-hydrogen) atoms. The second-order valence-corrected chi connectivity index (χ2v) is 17.1. The number of esters is 1. The molecule has 12 nitrogen and oxygen atoms in total. The third-order valence-electron chi connectivity index (χ3n) is 10.7. The van der Waals surface area contributed by atoms with Gasteiger partial charge in [0.2, 0.25) is 12.5 Å². The van der Waals surface area contributed by atoms with E-state index in [0.29, 0.717) is 43.0 Å². The lowest BCUT2D eigenvalue weighted by atomic mass is 10.00. The molecule has 13 heteroatoms. The maximum Gasteiger partial charge on any atom is 0.408 e. The number of amides is 4. The van der Waals surface area contributed by atoms with Gasteiger partial charge in [0.25, 0.3) is 11.8 Å². The first-order chi connectivity index (χ1) is 28.4. The van der Waals surface area contributed by atoms with Gasteiger partial charge in [-0.2, -0.15) is 4.57 Å². The van der Waals surface area contributed by atoms with Gasteiger partial charge in [-0.25, -0.2) is 9.59 Å². The van der Waals surface area contributed by atoms with Crippen molar-refractivity contribution >= 4 is 47.2 Å². The lowest BCUT2D eigenvalue weighted by molar-refractivity contribution is -0.684. The van der Waals surface area contributed by atoms with Gasteiger partial charge in [-0.3, -0.25) is 19.3 Å². The van der Waals surface area contributed by atoms with Gasteiger partial charge < -0.3 is 24.6 Å². The van der Waals surface area contributed by atoms with Gasteiger partial charge in [0.1, 0.15) is 22.7 Å². The Labute approximate surface area is 347 Å². The molecule has 4 aliphatic rings. The van der Waals surface area contributed by atoms with Gasteiger partial charge in [0.15, 0.2) is 18.5 Å². The molecule has 2 saturated heterocycles. The number of pyridine rings is 1. The third-order valence-corrected chi connectivity index (χ3v) is 12.0. The zero-order valence-electron chi connectivity index (χ0n) is 33.2. The van der Waals surface area contributed by atoms with Gasteiger partial charge >= 0.3 is 12.1 Å². The number of nitrogens with zero attached hydrogens (tertiary/aromatic N) is 4. The molecular formula is C46H46N5O7S+. The fourth-order valence-electron chi connectivity index (χ4n) is 7.84. The number of hydrogen-bond donors (Lipinski definition) is 1. The summed E-state index contributed by atoms with van der Waals surface area (Å²) in [7, 11) is 0. The molecule has 0 aliphatic carbocycles. The number of carbonyl (C=O) groups is 5. The van der Waals surface area contributed by atoms with Crippen LogP contribution in [0, 0.1) is 0 Å². The predicted octanol–water partition coefficient (Wildman–Crippen LogP) is 5.62. The Hall–Kier alpha value is -6.21. The van der Waals surface area contributed by atoms with E-state index in [4.69, 9.17) is 9.47 Å². The molecule has 302 valence electrons. The monoisotopic (exact) mass is 812 g/mol. The number of alkyl carbamates (subject to hydrolysis) is 1. The van der Waals surface area contributed by atoms with Crippen molar-refractivity contribution < 1.29 is 38.0 Å². The first kappa shape index (κ1) is 39.6. The third kappa shape index (κ3) is 8.52. The number of nitrogens with one attached hydrogen (secondary N) is 1. The van der Waals surface area contributed by atoms with Gasteiger partial charge in [0, 0.05) is 48.8 Å². The molecule has 4 aliphatic heterocycles. The van der Waals surface area contributed by atoms with Crippen LogP contribution in [0.3, 0.4) is 0 Å². The van der Waals surface area contributed by atoms with Crippen LogP contribution in [-0.4, -0.2) is 75.4 Å². The molecule has 2 atom stereocenters. The van der Waals surface area contributed by atoms with E-state index in [0.717, 1.165) is 28.8 Å². The minimum Gasteiger partial charge on any atom is -0.448 e. The second-order valence-electron chi connectivity index (χ2n) is 16.0. The van der Waals surface area contributed by atoms with E-state index in [2.05, 4.69) is 11.4 Å². The Kier molecular flexibility index (Phi) is 11.1. The molecule has 5 heterocycles. The number of aromatic nitrogens is 1. The first-order valence-corrected chi connectivity index (χ1v) is 20.8. The number of β-lactam (4-membered cyclic amide) rings is 1. The van der Waals surface area contributed by atoms with Crippen molar-refractivity contribution in [2.24, 2.45) is 0 Å². The molecular weight excluding hydrogens is 767 g/mol. The van der Waals surface area contributed by atoms with Crippen molar-refractivity contribution in [2.75, 3.05) is 23.7 Å². The van der Waals surface area contributed by atoms with Gasteiger partial charge in [0.05, 0.1) is 0 Å². The molecule has 0 spiro atoms. The quantitative estimate of drug-likeness (QED) is 0.0947. The van der Waals surface area contributed by atoms with E-state index in [-0.39, 0.29) is 24.1 Å². The molecule has 0 saturated carbocycles. The van der Waals surface area contributed by atoms with E-state index in [1.165, 1.54) is 22.2 Å². The topological polar surface area (TPSA) is 129 Å². The Bertz CT molecular complexity index is 2300. The fraction of sp³-hybridized carbons (Fsp3) is 0.304. The minimum atomic E-state index is -0.908. The first-order valence-electron chi connectivity index (χ1n) is 19.8. The highest BCUT2D eigenvalue weighted by atomic mass is 32.2. The number of para-hydroxylation sites is 1. The van der Waals surface area contributed by atoms with Crippen LogP contribution in [0.1, 0.15) is 55.5 Å². The number of fused-ring (bicyclic) bond motifs is 2. The summed E-state index contributed by atoms with van der Waals surface area (Å²) in [5, 5.41) is 2.10. The number of ether oxygens (including phenoxy) is 2. The zero-order valence-corrected chi connectivity index (χ0v) is 34.0. The molecule has 4 aromatic rings. The van der Waals surface area contributed by atoms with Crippen LogP contribution in [0.25, 0.3) is 0 Å². The van der Waals surface area contributed by atoms with E-state index in [1.54, 1.807) is 31.7 Å². The van der Waals surface area contributed by atoms with Crippen LogP contribution in [0.2, 0.25) is 0 Å². The Morgan fingerprint density at radius 3 is 2.22 bits per heavy atom. The van der Waals surface area contributed by atoms with E-state index < -0.39 is 41.1 Å². The number of allylic oxidation sites excluding steroid dienone is 1. The maximum absolute atomic E-state index is 14.5. The van der Waals surface area contributed by atoms with E-state index in [1.807, 2.05) is 113 Å². The van der Waals surface area contributed by atoms with Crippen LogP contribution >= 0.6 is 11.8 Å². The average Bonchev–Trinajstić information content (AvgIpc) is 3.82. The van der Waals surface area contributed by atoms with Crippen molar-refractivity contribution in [3.05, 3.63) is 155 Å². The van der Waals surface area contributed by atoms with Crippen molar-refractivity contribution in [2.45, 2.75) is 69.8 Å². The van der Waals surface area contributed by atoms with Crippen LogP contribution in [0.5, 0.6) is 0 Å². The molecule has 0 bridgehead atoms. The lowest BCUT2D eigenvalue weighted by Gasteiger charge is -2.49. The van der Waals surface area contributed by atoms with E-state index >= 15 is 0 Å². The molecule has 0 radical (unpaired) electrons. The maximum atomic E-state index is 14.5. The summed E-state index contributed by atoms with van der Waals surface area (Å²) in [5.41, 5.74) is 4.88. The smallest absolute Gasteiger partial charge is 0.408 e. The number of hydrogen-bond acceptors (Lipinski definition) is 8. The number of likely N-dealkylation sites (tertiary alicyclic amines) is 1. The summed E-state index contributed by atoms with van der Waals surface area (Å²) < 4.78 is 13.5. The summed E-state index contributed by atoms with van der Waals surface area (Å²) in [6, 6.07) is 29.7. The fourth-order valence-corrected chi connectivity index (χ4v) is 9.15. The standard InChI is InChI=1S/C46H45N5O7S/c1-46(2,3)58-45(56)47-38-42(54)51-39(44(55)57-40(32-13-6-4-7-14-32)33-15-8-5-9-16-33)35(29-59-43(38)51)26-34-20-24-49(41(34)53)27-30-18-22-48(23-19-30)28-37(52)50-25-21-31-12-10-11-17-36(31)50/h4-19,22-23,26,38,40,43H,20-21,24-25,27-29H2,1-3H3/p+1. The van der Waals surface area contributed by atoms with Crippen molar-refractivity contribution in [1.29, 1.82) is 0 Å². The second kappa shape index (κ2) is 16.6. The zero-order chi connectivity index (χ0) is 41.3. The largest absolute Gasteiger partial charge is 0.448 e. The number of anilines is 1. The Morgan fingerprint density at radius 2 is 1.54 bits per heavy atom. The van der Waals surface area contributed by atoms with Gasteiger partial charge in [-0.05, 0) is 73.6 Å². The normalized spacial score (nSPS) is 19.5. The molecule has 2 unspecified atom stereocenters. The number of rotatable bonds is 10. The van der Waals surface area contributed by atoms with Crippen molar-refractivity contribution in [1.82, 2.24) is 15.1 Å². The highest BCUT2D eigenvalue weighted by molar-refractivity contribution is 8.00. The minimum absolute atomic E-state index is 0.0207. The SMILES string of the molecule is CC(C)(C)OC(=O)NC1C(=O)N2C(C(=O)OC(c3ccccc3)c3ccccc3)=C(C=C3CCN(Cc4cc[n+](CC(=O)N5CCc6ccccc65)cc4)C3=O)CSC12. The molecule has 3 aromatic carbocycles. The molecule has 2 fully saturated rings. The van der Waals surface area contributed by atoms with Crippen LogP contribution in [0.4, 0.5) is 10.5 Å². The number of benzene rings is 3. The highest BCUT2D eigenvalue weighted by Crippen LogP contribution is 2.43. The predicted molar refractivity (Wildman–Crippen MR) is 221 cm³/mol. The Morgan fingerprint density at radius 1 is 0.881 bits per heavy atom. The number of thioether (sulfide) groups is 1. The Balaban J connectivity index is 1.01. The summed E-state index contributed by atoms with van der Waals surface area (Å²) >= 11 is 1.39. The van der Waals surface area contributed by atoms with Gasteiger partial charge in [-0.1, -0.05) is 78.9 Å². The number of carbonyl (C=O) groups excluding carboxylic acids is 5. The summed E-state index contributed by atoms with van der Waals surface area (Å²) in [6.07, 6.45) is 5.25. The molecule has 8 rings (SSSR count).